The highest BCUT2D eigenvalue weighted by Crippen LogP contribution is 2.33. The fraction of sp³-hybridized carbons (Fsp3) is 0.143. The first-order valence-electron chi connectivity index (χ1n) is 8.61. The lowest BCUT2D eigenvalue weighted by molar-refractivity contribution is 0.0942. The highest BCUT2D eigenvalue weighted by molar-refractivity contribution is 9.11. The number of carbonyl (C=O) groups excluding carboxylic acids is 1. The first-order valence-corrected chi connectivity index (χ1v) is 10.2. The number of aryl methyl sites for hydroxylation is 1. The number of hydrogen-bond donors (Lipinski definition) is 1. The van der Waals surface area contributed by atoms with Crippen LogP contribution in [0, 0.1) is 6.92 Å². The summed E-state index contributed by atoms with van der Waals surface area (Å²) >= 11 is 5.19. The molecule has 4 aromatic rings. The lowest BCUT2D eigenvalue weighted by Gasteiger charge is -2.11. The van der Waals surface area contributed by atoms with Gasteiger partial charge in [-0.2, -0.15) is 0 Å². The third kappa shape index (κ3) is 3.96. The van der Waals surface area contributed by atoms with E-state index in [0.29, 0.717) is 18.8 Å². The molecule has 0 aliphatic carbocycles. The maximum absolute atomic E-state index is 12.9. The molecule has 0 aliphatic heterocycles. The van der Waals surface area contributed by atoms with E-state index in [2.05, 4.69) is 68.1 Å². The van der Waals surface area contributed by atoms with Crippen LogP contribution in [0.4, 0.5) is 0 Å². The average Bonchev–Trinajstić information content (AvgIpc) is 3.19. The van der Waals surface area contributed by atoms with Gasteiger partial charge in [-0.05, 0) is 52.2 Å². The van der Waals surface area contributed by atoms with Crippen LogP contribution in [0.25, 0.3) is 10.2 Å². The number of hydrogen-bond acceptors (Lipinski definition) is 3. The highest BCUT2D eigenvalue weighted by Gasteiger charge is 2.17. The van der Waals surface area contributed by atoms with Crippen LogP contribution in [0.3, 0.4) is 0 Å². The Morgan fingerprint density at radius 2 is 2.00 bits per heavy atom. The van der Waals surface area contributed by atoms with Gasteiger partial charge in [0.05, 0.1) is 14.0 Å². The molecule has 0 atom stereocenters. The molecular formula is C21H18BrN3OS. The molecule has 0 fully saturated rings. The number of carbonyl (C=O) groups is 1. The molecular weight excluding hydrogens is 422 g/mol. The van der Waals surface area contributed by atoms with Crippen LogP contribution in [0.2, 0.25) is 0 Å². The number of thiophene rings is 1. The molecule has 0 aliphatic rings. The SMILES string of the molecule is Cc1ccc(Cn2c(C(=O)NCc3cccnc3)cc3sc(Br)cc32)cc1. The number of fused-ring (bicyclic) bond motifs is 1. The van der Waals surface area contributed by atoms with Gasteiger partial charge in [0.25, 0.3) is 5.91 Å². The predicted octanol–water partition coefficient (Wildman–Crippen LogP) is 5.15. The fourth-order valence-corrected chi connectivity index (χ4v) is 4.59. The molecule has 27 heavy (non-hydrogen) atoms. The number of aromatic nitrogens is 2. The van der Waals surface area contributed by atoms with E-state index in [0.717, 1.165) is 19.6 Å². The van der Waals surface area contributed by atoms with E-state index in [4.69, 9.17) is 0 Å². The number of pyridine rings is 1. The third-order valence-electron chi connectivity index (χ3n) is 4.43. The van der Waals surface area contributed by atoms with Crippen molar-refractivity contribution >= 4 is 43.4 Å². The van der Waals surface area contributed by atoms with Crippen molar-refractivity contribution in [3.05, 3.63) is 87.1 Å². The summed E-state index contributed by atoms with van der Waals surface area (Å²) in [7, 11) is 0. The average molecular weight is 440 g/mol. The molecule has 3 heterocycles. The fourth-order valence-electron chi connectivity index (χ4n) is 3.02. The Hall–Kier alpha value is -2.44. The van der Waals surface area contributed by atoms with E-state index in [9.17, 15) is 4.79 Å². The summed E-state index contributed by atoms with van der Waals surface area (Å²) in [6, 6.07) is 16.3. The van der Waals surface area contributed by atoms with Gasteiger partial charge in [0.2, 0.25) is 0 Å². The Bertz CT molecular complexity index is 1080. The molecule has 0 spiro atoms. The van der Waals surface area contributed by atoms with Crippen molar-refractivity contribution in [1.29, 1.82) is 0 Å². The number of halogens is 1. The zero-order valence-electron chi connectivity index (χ0n) is 14.8. The zero-order valence-corrected chi connectivity index (χ0v) is 17.2. The molecule has 1 N–H and O–H groups in total. The monoisotopic (exact) mass is 439 g/mol. The molecule has 6 heteroatoms. The molecule has 136 valence electrons. The molecule has 0 radical (unpaired) electrons. The Morgan fingerprint density at radius 3 is 2.74 bits per heavy atom. The second kappa shape index (κ2) is 7.66. The number of nitrogens with one attached hydrogen (secondary N) is 1. The third-order valence-corrected chi connectivity index (χ3v) is 6.00. The van der Waals surface area contributed by atoms with Crippen molar-refractivity contribution < 1.29 is 4.79 Å². The van der Waals surface area contributed by atoms with Crippen LogP contribution in [0.15, 0.2) is 64.7 Å². The van der Waals surface area contributed by atoms with Crippen LogP contribution in [-0.4, -0.2) is 15.5 Å². The van der Waals surface area contributed by atoms with Gasteiger partial charge in [-0.3, -0.25) is 9.78 Å². The number of rotatable bonds is 5. The molecule has 4 rings (SSSR count). The summed E-state index contributed by atoms with van der Waals surface area (Å²) in [5.41, 5.74) is 5.12. The van der Waals surface area contributed by atoms with Gasteiger partial charge in [0, 0.05) is 25.5 Å². The number of benzene rings is 1. The van der Waals surface area contributed by atoms with Gasteiger partial charge < -0.3 is 9.88 Å². The van der Waals surface area contributed by atoms with E-state index < -0.39 is 0 Å². The molecule has 0 bridgehead atoms. The molecule has 0 unspecified atom stereocenters. The van der Waals surface area contributed by atoms with Gasteiger partial charge in [-0.1, -0.05) is 35.9 Å². The first kappa shape index (κ1) is 17.9. The summed E-state index contributed by atoms with van der Waals surface area (Å²) in [5.74, 6) is -0.0783. The van der Waals surface area contributed by atoms with E-state index in [1.54, 1.807) is 23.7 Å². The minimum absolute atomic E-state index is 0.0783. The van der Waals surface area contributed by atoms with E-state index in [1.165, 1.54) is 11.1 Å². The molecule has 4 nitrogen and oxygen atoms in total. The van der Waals surface area contributed by atoms with Gasteiger partial charge in [-0.25, -0.2) is 0 Å². The largest absolute Gasteiger partial charge is 0.347 e. The summed E-state index contributed by atoms with van der Waals surface area (Å²) in [6.07, 6.45) is 3.49. The first-order chi connectivity index (χ1) is 13.1. The molecule has 1 aromatic carbocycles. The molecule has 3 aromatic heterocycles. The number of amides is 1. The van der Waals surface area contributed by atoms with Crippen LogP contribution in [-0.2, 0) is 13.1 Å². The minimum atomic E-state index is -0.0783. The van der Waals surface area contributed by atoms with Crippen molar-refractivity contribution in [2.75, 3.05) is 0 Å². The van der Waals surface area contributed by atoms with Crippen LogP contribution < -0.4 is 5.32 Å². The van der Waals surface area contributed by atoms with Crippen molar-refractivity contribution in [1.82, 2.24) is 14.9 Å². The topological polar surface area (TPSA) is 46.9 Å². The normalized spacial score (nSPS) is 11.0. The van der Waals surface area contributed by atoms with E-state index in [-0.39, 0.29) is 5.91 Å². The summed E-state index contributed by atoms with van der Waals surface area (Å²) in [4.78, 5) is 17.0. The summed E-state index contributed by atoms with van der Waals surface area (Å²) in [5, 5.41) is 3.01. The van der Waals surface area contributed by atoms with Crippen LogP contribution in [0.5, 0.6) is 0 Å². The van der Waals surface area contributed by atoms with Crippen molar-refractivity contribution in [3.8, 4) is 0 Å². The molecule has 1 amide bonds. The zero-order chi connectivity index (χ0) is 18.8. The maximum Gasteiger partial charge on any atom is 0.268 e. The predicted molar refractivity (Wildman–Crippen MR) is 113 cm³/mol. The Balaban J connectivity index is 1.64. The number of nitrogens with zero attached hydrogens (tertiary/aromatic N) is 2. The lowest BCUT2D eigenvalue weighted by Crippen LogP contribution is -2.25. The van der Waals surface area contributed by atoms with Gasteiger partial charge in [0.15, 0.2) is 0 Å². The van der Waals surface area contributed by atoms with Gasteiger partial charge in [-0.15, -0.1) is 11.3 Å². The standard InChI is InChI=1S/C21H18BrN3OS/c1-14-4-6-15(7-5-14)13-25-17-10-20(22)27-19(17)9-18(25)21(26)24-12-16-3-2-8-23-11-16/h2-11H,12-13H2,1H3,(H,24,26). The van der Waals surface area contributed by atoms with E-state index >= 15 is 0 Å². The lowest BCUT2D eigenvalue weighted by atomic mass is 10.1. The van der Waals surface area contributed by atoms with Crippen molar-refractivity contribution in [2.45, 2.75) is 20.0 Å². The van der Waals surface area contributed by atoms with Gasteiger partial charge in [0.1, 0.15) is 5.69 Å². The maximum atomic E-state index is 12.9. The molecule has 0 saturated carbocycles. The summed E-state index contributed by atoms with van der Waals surface area (Å²) in [6.45, 7) is 3.19. The minimum Gasteiger partial charge on any atom is -0.347 e. The second-order valence-corrected chi connectivity index (χ2v) is 8.91. The van der Waals surface area contributed by atoms with Gasteiger partial charge >= 0.3 is 0 Å². The van der Waals surface area contributed by atoms with Crippen molar-refractivity contribution in [3.63, 3.8) is 0 Å². The van der Waals surface area contributed by atoms with Crippen molar-refractivity contribution in [2.24, 2.45) is 0 Å². The van der Waals surface area contributed by atoms with E-state index in [1.807, 2.05) is 18.2 Å². The Morgan fingerprint density at radius 1 is 1.19 bits per heavy atom. The quantitative estimate of drug-likeness (QED) is 0.467. The highest BCUT2D eigenvalue weighted by atomic mass is 79.9. The Labute approximate surface area is 170 Å². The smallest absolute Gasteiger partial charge is 0.268 e. The second-order valence-electron chi connectivity index (χ2n) is 6.45. The Kier molecular flexibility index (Phi) is 5.09. The summed E-state index contributed by atoms with van der Waals surface area (Å²) < 4.78 is 4.24. The van der Waals surface area contributed by atoms with Crippen LogP contribution >= 0.6 is 27.3 Å². The molecule has 0 saturated heterocycles. The van der Waals surface area contributed by atoms with Crippen LogP contribution in [0.1, 0.15) is 27.2 Å².